The summed E-state index contributed by atoms with van der Waals surface area (Å²) in [7, 11) is 1.47. The van der Waals surface area contributed by atoms with Gasteiger partial charge in [0.1, 0.15) is 6.10 Å². The van der Waals surface area contributed by atoms with Gasteiger partial charge in [-0.15, -0.1) is 0 Å². The summed E-state index contributed by atoms with van der Waals surface area (Å²) in [6.07, 6.45) is 9.85. The lowest BCUT2D eigenvalue weighted by Crippen LogP contribution is -2.58. The van der Waals surface area contributed by atoms with Gasteiger partial charge in [0.2, 0.25) is 0 Å². The van der Waals surface area contributed by atoms with E-state index >= 15 is 0 Å². The van der Waals surface area contributed by atoms with Gasteiger partial charge in [-0.1, -0.05) is 20.8 Å². The van der Waals surface area contributed by atoms with Gasteiger partial charge >= 0.3 is 11.9 Å². The van der Waals surface area contributed by atoms with Gasteiger partial charge in [-0.05, 0) is 104 Å². The second-order valence-corrected chi connectivity index (χ2v) is 12.1. The Bertz CT molecular complexity index is 721. The van der Waals surface area contributed by atoms with Crippen molar-refractivity contribution in [2.75, 3.05) is 7.11 Å². The Morgan fingerprint density at radius 2 is 1.72 bits per heavy atom. The molecule has 0 heterocycles. The Morgan fingerprint density at radius 3 is 2.41 bits per heavy atom. The van der Waals surface area contributed by atoms with E-state index in [2.05, 4.69) is 20.8 Å². The van der Waals surface area contributed by atoms with Gasteiger partial charge in [-0.2, -0.15) is 0 Å². The van der Waals surface area contributed by atoms with Crippen molar-refractivity contribution in [1.29, 1.82) is 0 Å². The summed E-state index contributed by atoms with van der Waals surface area (Å²) in [6.45, 7) is 8.78. The van der Waals surface area contributed by atoms with E-state index < -0.39 is 0 Å². The van der Waals surface area contributed by atoms with Crippen LogP contribution < -0.4 is 0 Å². The third-order valence-corrected chi connectivity index (χ3v) is 10.8. The SMILES string of the molecule is COC(=O)CC[C@@H](C)C1CC[C@H]2[C@@H]3[C@H](O)C[C@@H]4C[C@H](OC(C)=O)CC[C@]4(C)[C@H]3CC[C@]12C. The zero-order chi connectivity index (χ0) is 23.3. The molecule has 4 fully saturated rings. The maximum absolute atomic E-state index is 11.7. The molecule has 0 amide bonds. The second-order valence-electron chi connectivity index (χ2n) is 12.1. The van der Waals surface area contributed by atoms with Crippen molar-refractivity contribution in [3.8, 4) is 0 Å². The first-order valence-corrected chi connectivity index (χ1v) is 13.0. The Morgan fingerprint density at radius 1 is 1.03 bits per heavy atom. The van der Waals surface area contributed by atoms with E-state index in [1.54, 1.807) is 0 Å². The predicted octanol–water partition coefficient (Wildman–Crippen LogP) is 5.14. The molecule has 1 unspecified atom stereocenters. The first kappa shape index (κ1) is 24.0. The topological polar surface area (TPSA) is 72.8 Å². The van der Waals surface area contributed by atoms with Crippen molar-refractivity contribution in [3.63, 3.8) is 0 Å². The maximum atomic E-state index is 11.7. The minimum atomic E-state index is -0.247. The Hall–Kier alpha value is -1.10. The normalized spacial score (nSPS) is 46.4. The van der Waals surface area contributed by atoms with Gasteiger partial charge in [0, 0.05) is 13.3 Å². The largest absolute Gasteiger partial charge is 0.469 e. The number of aliphatic hydroxyl groups is 1. The molecule has 4 aliphatic carbocycles. The highest BCUT2D eigenvalue weighted by Crippen LogP contribution is 2.68. The van der Waals surface area contributed by atoms with Crippen LogP contribution in [0.3, 0.4) is 0 Å². The number of hydrogen-bond acceptors (Lipinski definition) is 5. The van der Waals surface area contributed by atoms with Gasteiger partial charge in [-0.3, -0.25) is 9.59 Å². The highest BCUT2D eigenvalue weighted by molar-refractivity contribution is 5.69. The molecule has 0 aliphatic heterocycles. The molecule has 10 atom stereocenters. The van der Waals surface area contributed by atoms with Crippen LogP contribution in [0, 0.1) is 46.3 Å². The molecule has 182 valence electrons. The van der Waals surface area contributed by atoms with E-state index in [1.165, 1.54) is 39.7 Å². The van der Waals surface area contributed by atoms with Crippen LogP contribution in [0.15, 0.2) is 0 Å². The van der Waals surface area contributed by atoms with Crippen LogP contribution in [-0.2, 0) is 19.1 Å². The summed E-state index contributed by atoms with van der Waals surface area (Å²) >= 11 is 0. The molecule has 0 spiro atoms. The van der Waals surface area contributed by atoms with Crippen molar-refractivity contribution in [2.24, 2.45) is 46.3 Å². The van der Waals surface area contributed by atoms with E-state index in [-0.39, 0.29) is 35.0 Å². The summed E-state index contributed by atoms with van der Waals surface area (Å²) in [5, 5.41) is 11.5. The van der Waals surface area contributed by atoms with E-state index in [1.807, 2.05) is 0 Å². The molecular formula is C27H44O5. The van der Waals surface area contributed by atoms with Crippen LogP contribution in [0.1, 0.15) is 91.9 Å². The van der Waals surface area contributed by atoms with Crippen molar-refractivity contribution in [1.82, 2.24) is 0 Å². The number of carbonyl (C=O) groups excluding carboxylic acids is 2. The lowest BCUT2D eigenvalue weighted by atomic mass is 9.43. The quantitative estimate of drug-likeness (QED) is 0.590. The van der Waals surface area contributed by atoms with Crippen molar-refractivity contribution in [3.05, 3.63) is 0 Å². The number of esters is 2. The zero-order valence-electron chi connectivity index (χ0n) is 20.8. The molecule has 1 N–H and O–H groups in total. The number of methoxy groups -OCH3 is 1. The van der Waals surface area contributed by atoms with Crippen LogP contribution >= 0.6 is 0 Å². The Kier molecular flexibility index (Phi) is 6.70. The van der Waals surface area contributed by atoms with Crippen LogP contribution in [0.2, 0.25) is 0 Å². The number of carbonyl (C=O) groups is 2. The number of aliphatic hydroxyl groups excluding tert-OH is 1. The van der Waals surface area contributed by atoms with Gasteiger partial charge in [0.15, 0.2) is 0 Å². The highest BCUT2D eigenvalue weighted by atomic mass is 16.5. The molecule has 0 aromatic carbocycles. The van der Waals surface area contributed by atoms with E-state index in [4.69, 9.17) is 9.47 Å². The molecule has 0 aromatic heterocycles. The van der Waals surface area contributed by atoms with Gasteiger partial charge < -0.3 is 14.6 Å². The maximum Gasteiger partial charge on any atom is 0.305 e. The molecule has 0 aromatic rings. The summed E-state index contributed by atoms with van der Waals surface area (Å²) in [6, 6.07) is 0. The average molecular weight is 449 g/mol. The van der Waals surface area contributed by atoms with Crippen molar-refractivity contribution >= 4 is 11.9 Å². The summed E-state index contributed by atoms with van der Waals surface area (Å²) in [5.41, 5.74) is 0.506. The van der Waals surface area contributed by atoms with Crippen LogP contribution in [0.25, 0.3) is 0 Å². The van der Waals surface area contributed by atoms with Gasteiger partial charge in [0.05, 0.1) is 13.2 Å². The fraction of sp³-hybridized carbons (Fsp3) is 0.926. The molecule has 4 aliphatic rings. The zero-order valence-corrected chi connectivity index (χ0v) is 20.8. The molecule has 5 heteroatoms. The molecule has 4 saturated carbocycles. The van der Waals surface area contributed by atoms with Crippen molar-refractivity contribution < 1.29 is 24.2 Å². The average Bonchev–Trinajstić information content (AvgIpc) is 3.09. The summed E-state index contributed by atoms with van der Waals surface area (Å²) < 4.78 is 10.4. The molecule has 0 saturated heterocycles. The van der Waals surface area contributed by atoms with E-state index in [0.717, 1.165) is 32.1 Å². The first-order valence-electron chi connectivity index (χ1n) is 13.0. The molecular weight excluding hydrogens is 404 g/mol. The monoisotopic (exact) mass is 448 g/mol. The third-order valence-electron chi connectivity index (χ3n) is 10.8. The van der Waals surface area contributed by atoms with Crippen LogP contribution in [-0.4, -0.2) is 36.4 Å². The molecule has 4 rings (SSSR count). The minimum absolute atomic E-state index is 0.0229. The van der Waals surface area contributed by atoms with E-state index in [9.17, 15) is 14.7 Å². The minimum Gasteiger partial charge on any atom is -0.469 e. The highest BCUT2D eigenvalue weighted by Gasteiger charge is 2.63. The number of rotatable bonds is 5. The lowest BCUT2D eigenvalue weighted by molar-refractivity contribution is -0.182. The smallest absolute Gasteiger partial charge is 0.305 e. The predicted molar refractivity (Wildman–Crippen MR) is 123 cm³/mol. The molecule has 0 bridgehead atoms. The fourth-order valence-corrected chi connectivity index (χ4v) is 9.15. The standard InChI is InChI=1S/C27H44O5/c1-16(6-9-24(30)31-5)20-7-8-21-25-22(11-13-27(20,21)4)26(3)12-10-19(32-17(2)28)14-18(26)15-23(25)29/h16,18-23,25,29H,6-15H2,1-5H3/t16-,18+,19-,20?,21+,22+,23-,25+,26+,27-/m1/s1. The lowest BCUT2D eigenvalue weighted by Gasteiger charge is -2.62. The fourth-order valence-electron chi connectivity index (χ4n) is 9.15. The second kappa shape index (κ2) is 8.92. The summed E-state index contributed by atoms with van der Waals surface area (Å²) in [5.74, 6) is 2.81. The first-order chi connectivity index (χ1) is 15.1. The van der Waals surface area contributed by atoms with Crippen LogP contribution in [0.5, 0.6) is 0 Å². The molecule has 0 radical (unpaired) electrons. The van der Waals surface area contributed by atoms with Crippen LogP contribution in [0.4, 0.5) is 0 Å². The van der Waals surface area contributed by atoms with Crippen molar-refractivity contribution in [2.45, 2.75) is 104 Å². The third kappa shape index (κ3) is 4.01. The Balaban J connectivity index is 1.49. The number of hydrogen-bond donors (Lipinski definition) is 1. The number of fused-ring (bicyclic) bond motifs is 5. The summed E-state index contributed by atoms with van der Waals surface area (Å²) in [4.78, 5) is 23.2. The van der Waals surface area contributed by atoms with Gasteiger partial charge in [0.25, 0.3) is 0 Å². The van der Waals surface area contributed by atoms with E-state index in [0.29, 0.717) is 41.9 Å². The van der Waals surface area contributed by atoms with Gasteiger partial charge in [-0.25, -0.2) is 0 Å². The molecule has 5 nitrogen and oxygen atoms in total. The number of ether oxygens (including phenoxy) is 2. The Labute approximate surface area is 194 Å². The molecule has 32 heavy (non-hydrogen) atoms.